The minimum atomic E-state index is -0.417. The Morgan fingerprint density at radius 2 is 1.88 bits per heavy atom. The number of anilines is 1. The zero-order valence-corrected chi connectivity index (χ0v) is 14.6. The van der Waals surface area contributed by atoms with E-state index in [1.807, 2.05) is 0 Å². The van der Waals surface area contributed by atoms with E-state index in [-0.39, 0.29) is 11.6 Å². The van der Waals surface area contributed by atoms with Crippen LogP contribution in [0, 0.1) is 24.0 Å². The summed E-state index contributed by atoms with van der Waals surface area (Å²) in [6.07, 6.45) is 1.74. The van der Waals surface area contributed by atoms with Crippen molar-refractivity contribution in [2.75, 3.05) is 5.32 Å². The van der Waals surface area contributed by atoms with Gasteiger partial charge in [0.2, 0.25) is 0 Å². The molecule has 2 heterocycles. The Hall–Kier alpha value is -3.49. The largest absolute Gasteiger partial charge is 0.312 e. The lowest BCUT2D eigenvalue weighted by Gasteiger charge is -2.06. The van der Waals surface area contributed by atoms with Crippen LogP contribution in [0.15, 0.2) is 36.5 Å². The van der Waals surface area contributed by atoms with Gasteiger partial charge in [0.05, 0.1) is 11.5 Å². The molecule has 3 rings (SSSR count). The van der Waals surface area contributed by atoms with Gasteiger partial charge < -0.3 is 5.32 Å². The van der Waals surface area contributed by atoms with Gasteiger partial charge in [0.1, 0.15) is 11.4 Å². The summed E-state index contributed by atoms with van der Waals surface area (Å²) in [4.78, 5) is 22.9. The number of nitrogens with zero attached hydrogens (tertiary/aromatic N) is 5. The topological polar surface area (TPSA) is 108 Å². The van der Waals surface area contributed by atoms with Crippen molar-refractivity contribution in [1.29, 1.82) is 0 Å². The molecule has 1 N–H and O–H groups in total. The second kappa shape index (κ2) is 6.79. The first-order chi connectivity index (χ1) is 12.3. The van der Waals surface area contributed by atoms with Crippen molar-refractivity contribution < 1.29 is 9.72 Å². The maximum absolute atomic E-state index is 12.2. The summed E-state index contributed by atoms with van der Waals surface area (Å²) in [6, 6.07) is 8.72. The maximum Gasteiger partial charge on any atom is 0.312 e. The summed E-state index contributed by atoms with van der Waals surface area (Å²) in [5, 5.41) is 22.1. The van der Waals surface area contributed by atoms with Crippen LogP contribution in [0.5, 0.6) is 0 Å². The van der Waals surface area contributed by atoms with Crippen LogP contribution >= 0.6 is 0 Å². The van der Waals surface area contributed by atoms with E-state index in [1.165, 1.54) is 0 Å². The Morgan fingerprint density at radius 1 is 1.19 bits per heavy atom. The first-order valence-corrected chi connectivity index (χ1v) is 7.93. The normalized spacial score (nSPS) is 10.7. The molecule has 2 aromatic heterocycles. The first-order valence-electron chi connectivity index (χ1n) is 7.93. The number of nitrogens with one attached hydrogen (secondary N) is 1. The fourth-order valence-electron chi connectivity index (χ4n) is 2.71. The summed E-state index contributed by atoms with van der Waals surface area (Å²) in [7, 11) is 1.77. The molecule has 0 fully saturated rings. The molecule has 1 amide bonds. The molecule has 0 saturated carbocycles. The Bertz CT molecular complexity index is 971. The van der Waals surface area contributed by atoms with E-state index in [4.69, 9.17) is 0 Å². The van der Waals surface area contributed by atoms with E-state index in [9.17, 15) is 14.9 Å². The zero-order valence-electron chi connectivity index (χ0n) is 14.6. The quantitative estimate of drug-likeness (QED) is 0.559. The molecule has 0 bridgehead atoms. The highest BCUT2D eigenvalue weighted by Crippen LogP contribution is 2.22. The number of aryl methyl sites for hydroxylation is 2. The van der Waals surface area contributed by atoms with E-state index in [1.54, 1.807) is 66.8 Å². The summed E-state index contributed by atoms with van der Waals surface area (Å²) in [5.74, 6) is 0.230. The van der Waals surface area contributed by atoms with Gasteiger partial charge in [-0.1, -0.05) is 12.1 Å². The van der Waals surface area contributed by atoms with Crippen molar-refractivity contribution in [3.8, 4) is 0 Å². The number of carbonyl (C=O) groups is 1. The third-order valence-corrected chi connectivity index (χ3v) is 4.03. The number of carbonyl (C=O) groups excluding carboxylic acids is 1. The molecule has 0 atom stereocenters. The van der Waals surface area contributed by atoms with Gasteiger partial charge >= 0.3 is 5.69 Å². The van der Waals surface area contributed by atoms with Crippen LogP contribution in [0.3, 0.4) is 0 Å². The van der Waals surface area contributed by atoms with Gasteiger partial charge in [0.15, 0.2) is 5.82 Å². The maximum atomic E-state index is 12.2. The van der Waals surface area contributed by atoms with Gasteiger partial charge in [-0.05, 0) is 31.5 Å². The minimum absolute atomic E-state index is 0.0383. The van der Waals surface area contributed by atoms with E-state index in [2.05, 4.69) is 15.5 Å². The zero-order chi connectivity index (χ0) is 18.8. The molecular weight excluding hydrogens is 336 g/mol. The number of benzene rings is 1. The summed E-state index contributed by atoms with van der Waals surface area (Å²) in [5.41, 5.74) is 2.32. The molecular formula is C17H18N6O3. The third-order valence-electron chi connectivity index (χ3n) is 4.03. The van der Waals surface area contributed by atoms with Gasteiger partial charge in [-0.25, -0.2) is 0 Å². The second-order valence-corrected chi connectivity index (χ2v) is 5.96. The molecule has 26 heavy (non-hydrogen) atoms. The fourth-order valence-corrected chi connectivity index (χ4v) is 2.71. The molecule has 9 heteroatoms. The van der Waals surface area contributed by atoms with Crippen LogP contribution in [0.25, 0.3) is 0 Å². The smallest absolute Gasteiger partial charge is 0.305 e. The number of aromatic nitrogens is 4. The highest BCUT2D eigenvalue weighted by molar-refractivity contribution is 6.03. The van der Waals surface area contributed by atoms with Gasteiger partial charge in [-0.2, -0.15) is 10.2 Å². The molecule has 0 radical (unpaired) electrons. The molecule has 0 aliphatic heterocycles. The van der Waals surface area contributed by atoms with Crippen LogP contribution in [0.4, 0.5) is 11.5 Å². The number of rotatable bonds is 5. The van der Waals surface area contributed by atoms with E-state index in [0.29, 0.717) is 29.3 Å². The van der Waals surface area contributed by atoms with Gasteiger partial charge in [-0.3, -0.25) is 24.3 Å². The number of nitro groups is 1. The second-order valence-electron chi connectivity index (χ2n) is 5.96. The van der Waals surface area contributed by atoms with Crippen molar-refractivity contribution in [2.24, 2.45) is 7.05 Å². The summed E-state index contributed by atoms with van der Waals surface area (Å²) >= 11 is 0. The number of amides is 1. The molecule has 3 aromatic rings. The lowest BCUT2D eigenvalue weighted by molar-refractivity contribution is -0.386. The number of hydrogen-bond donors (Lipinski definition) is 1. The van der Waals surface area contributed by atoms with Crippen molar-refractivity contribution >= 4 is 17.4 Å². The first kappa shape index (κ1) is 17.3. The Morgan fingerprint density at radius 3 is 2.42 bits per heavy atom. The van der Waals surface area contributed by atoms with E-state index >= 15 is 0 Å². The van der Waals surface area contributed by atoms with Gasteiger partial charge in [0.25, 0.3) is 5.91 Å². The monoisotopic (exact) mass is 354 g/mol. The highest BCUT2D eigenvalue weighted by Gasteiger charge is 2.21. The number of hydrogen-bond acceptors (Lipinski definition) is 5. The van der Waals surface area contributed by atoms with E-state index < -0.39 is 4.92 Å². The van der Waals surface area contributed by atoms with Crippen LogP contribution in [0.2, 0.25) is 0 Å². The molecule has 0 aliphatic rings. The Labute approximate surface area is 149 Å². The van der Waals surface area contributed by atoms with Crippen molar-refractivity contribution in [1.82, 2.24) is 19.6 Å². The molecule has 9 nitrogen and oxygen atoms in total. The molecule has 0 saturated heterocycles. The van der Waals surface area contributed by atoms with Gasteiger partial charge in [-0.15, -0.1) is 0 Å². The molecule has 0 unspecified atom stereocenters. The predicted octanol–water partition coefficient (Wildman–Crippen LogP) is 2.44. The van der Waals surface area contributed by atoms with Crippen molar-refractivity contribution in [3.63, 3.8) is 0 Å². The SMILES string of the molecule is Cc1nn(Cc2ccc(C(=O)Nc3ccn(C)n3)cc2)c(C)c1[N+](=O)[O-]. The summed E-state index contributed by atoms with van der Waals surface area (Å²) < 4.78 is 3.20. The molecule has 0 spiro atoms. The van der Waals surface area contributed by atoms with Gasteiger partial charge in [0, 0.05) is 24.9 Å². The lowest BCUT2D eigenvalue weighted by atomic mass is 10.1. The average Bonchev–Trinajstić information content (AvgIpc) is 3.11. The van der Waals surface area contributed by atoms with Crippen LogP contribution in [-0.2, 0) is 13.6 Å². The fraction of sp³-hybridized carbons (Fsp3) is 0.235. The third kappa shape index (κ3) is 3.46. The summed E-state index contributed by atoms with van der Waals surface area (Å²) in [6.45, 7) is 3.68. The van der Waals surface area contributed by atoms with Crippen LogP contribution in [-0.4, -0.2) is 30.4 Å². The highest BCUT2D eigenvalue weighted by atomic mass is 16.6. The predicted molar refractivity (Wildman–Crippen MR) is 95.1 cm³/mol. The minimum Gasteiger partial charge on any atom is -0.305 e. The van der Waals surface area contributed by atoms with Crippen LogP contribution < -0.4 is 5.32 Å². The molecule has 1 aromatic carbocycles. The molecule has 134 valence electrons. The van der Waals surface area contributed by atoms with E-state index in [0.717, 1.165) is 5.56 Å². The lowest BCUT2D eigenvalue weighted by Crippen LogP contribution is -2.12. The van der Waals surface area contributed by atoms with Crippen LogP contribution in [0.1, 0.15) is 27.3 Å². The Kier molecular flexibility index (Phi) is 4.53. The standard InChI is InChI=1S/C17H18N6O3/c1-11-16(23(25)26)12(2)22(19-11)10-13-4-6-14(7-5-13)17(24)18-15-8-9-21(3)20-15/h4-9H,10H2,1-3H3,(H,18,20,24). The van der Waals surface area contributed by atoms with Crippen molar-refractivity contribution in [2.45, 2.75) is 20.4 Å². The average molecular weight is 354 g/mol. The molecule has 0 aliphatic carbocycles. The Balaban J connectivity index is 1.73. The van der Waals surface area contributed by atoms with Crippen molar-refractivity contribution in [3.05, 3.63) is 69.2 Å².